The molecule has 7 atom stereocenters. The average Bonchev–Trinajstić information content (AvgIpc) is 3.85. The maximum absolute atomic E-state index is 16.7. The number of aromatic nitrogens is 2. The molecule has 4 aliphatic heterocycles. The monoisotopic (exact) mass is 935 g/mol. The van der Waals surface area contributed by atoms with Crippen LogP contribution in [0.2, 0.25) is 0 Å². The van der Waals surface area contributed by atoms with Crippen molar-refractivity contribution in [3.05, 3.63) is 185 Å². The van der Waals surface area contributed by atoms with Crippen molar-refractivity contribution in [3.8, 4) is 17.6 Å². The van der Waals surface area contributed by atoms with Crippen LogP contribution < -0.4 is 26.2 Å². The Morgan fingerprint density at radius 1 is 0.800 bits per heavy atom. The highest BCUT2D eigenvalue weighted by Crippen LogP contribution is 2.66. The first kappa shape index (κ1) is 45.2. The highest BCUT2D eigenvalue weighted by Gasteiger charge is 2.76. The summed E-state index contributed by atoms with van der Waals surface area (Å²) in [7, 11) is 0. The third-order valence-corrected chi connectivity index (χ3v) is 13.8. The molecule has 0 radical (unpaired) electrons. The molecule has 5 N–H and O–H groups in total. The molecule has 6 amide bonds. The standard InChI is InChI=1S/C54H49N9O7/c1-34(36-14-5-2-6-15-36)59-53(69)62-42-25-20-35(13-11-26-56-51(55)68)33-41(42)54(50(62)67)43(48(65)60-29-31-61(32-30-60)52-57-27-12-28-58-52)45-49(66)70-46(38-18-9-4-10-19-38)44(37-16-7-3-8-17-37)63(45)47(54)39-21-23-40(64)24-22-39/h2-10,12,14-25,27-28,33-34,43-47,64H,26,29-32H2,1H3,(H,59,69)(H3,55,56,68). The maximum atomic E-state index is 16.7. The van der Waals surface area contributed by atoms with Crippen LogP contribution in [0.3, 0.4) is 0 Å². The number of anilines is 2. The number of carbonyl (C=O) groups excluding carboxylic acids is 5. The molecule has 0 saturated carbocycles. The first-order valence-corrected chi connectivity index (χ1v) is 23.1. The smallest absolute Gasteiger partial charge is 0.329 e. The zero-order valence-corrected chi connectivity index (χ0v) is 38.1. The molecule has 16 heteroatoms. The van der Waals surface area contributed by atoms with E-state index in [2.05, 4.69) is 32.4 Å². The van der Waals surface area contributed by atoms with E-state index in [4.69, 9.17) is 10.5 Å². The lowest BCUT2D eigenvalue weighted by Crippen LogP contribution is -2.59. The molecule has 5 heterocycles. The number of phenolic OH excluding ortho intramolecular Hbond substituents is 1. The molecule has 3 fully saturated rings. The fourth-order valence-corrected chi connectivity index (χ4v) is 10.8. The van der Waals surface area contributed by atoms with E-state index in [0.717, 1.165) is 16.0 Å². The summed E-state index contributed by atoms with van der Waals surface area (Å²) in [5, 5.41) is 16.3. The van der Waals surface area contributed by atoms with Gasteiger partial charge in [0.1, 0.15) is 23.3 Å². The predicted octanol–water partition coefficient (Wildman–Crippen LogP) is 5.69. The molecule has 6 aromatic rings. The number of carbonyl (C=O) groups is 5. The summed E-state index contributed by atoms with van der Waals surface area (Å²) in [6, 6.07) is 35.9. The predicted molar refractivity (Wildman–Crippen MR) is 259 cm³/mol. The number of nitrogens with two attached hydrogens (primary N) is 1. The van der Waals surface area contributed by atoms with Crippen LogP contribution >= 0.6 is 0 Å². The second kappa shape index (κ2) is 18.9. The van der Waals surface area contributed by atoms with Gasteiger partial charge in [-0.05, 0) is 71.1 Å². The number of hydrogen-bond acceptors (Lipinski definition) is 11. The topological polar surface area (TPSA) is 204 Å². The van der Waals surface area contributed by atoms with E-state index >= 15 is 19.2 Å². The summed E-state index contributed by atoms with van der Waals surface area (Å²) in [4.78, 5) is 90.7. The van der Waals surface area contributed by atoms with Gasteiger partial charge >= 0.3 is 18.0 Å². The lowest BCUT2D eigenvalue weighted by molar-refractivity contribution is -0.179. The minimum absolute atomic E-state index is 0.0451. The number of nitrogens with one attached hydrogen (secondary N) is 2. The van der Waals surface area contributed by atoms with Crippen LogP contribution in [-0.2, 0) is 24.5 Å². The van der Waals surface area contributed by atoms with E-state index in [-0.39, 0.29) is 36.6 Å². The Balaban J connectivity index is 1.22. The fraction of sp³-hybridized carbons (Fsp3) is 0.241. The van der Waals surface area contributed by atoms with Gasteiger partial charge < -0.3 is 36.0 Å². The number of cyclic esters (lactones) is 1. The third kappa shape index (κ3) is 7.99. The third-order valence-electron chi connectivity index (χ3n) is 13.8. The molecule has 352 valence electrons. The average molecular weight is 936 g/mol. The number of primary amides is 1. The lowest BCUT2D eigenvalue weighted by Gasteiger charge is -2.46. The van der Waals surface area contributed by atoms with Crippen molar-refractivity contribution < 1.29 is 33.8 Å². The number of rotatable bonds is 8. The molecular weight excluding hydrogens is 887 g/mol. The van der Waals surface area contributed by atoms with Gasteiger partial charge in [-0.15, -0.1) is 0 Å². The zero-order chi connectivity index (χ0) is 48.5. The van der Waals surface area contributed by atoms with Gasteiger partial charge in [0.15, 0.2) is 0 Å². The molecule has 70 heavy (non-hydrogen) atoms. The van der Waals surface area contributed by atoms with Gasteiger partial charge in [0.25, 0.3) is 0 Å². The van der Waals surface area contributed by atoms with Crippen LogP contribution in [0.25, 0.3) is 0 Å². The largest absolute Gasteiger partial charge is 0.508 e. The van der Waals surface area contributed by atoms with Gasteiger partial charge in [-0.1, -0.05) is 115 Å². The van der Waals surface area contributed by atoms with Gasteiger partial charge in [-0.2, -0.15) is 0 Å². The van der Waals surface area contributed by atoms with Gasteiger partial charge in [0.2, 0.25) is 17.8 Å². The Hall–Kier alpha value is -8.55. The minimum Gasteiger partial charge on any atom is -0.508 e. The van der Waals surface area contributed by atoms with E-state index in [1.54, 1.807) is 53.7 Å². The highest BCUT2D eigenvalue weighted by atomic mass is 16.6. The van der Waals surface area contributed by atoms with Crippen molar-refractivity contribution in [2.45, 2.75) is 42.6 Å². The molecule has 0 bridgehead atoms. The van der Waals surface area contributed by atoms with E-state index in [1.165, 1.54) is 12.1 Å². The Morgan fingerprint density at radius 3 is 2.10 bits per heavy atom. The fourth-order valence-electron chi connectivity index (χ4n) is 10.8. The quantitative estimate of drug-likeness (QED) is 0.108. The van der Waals surface area contributed by atoms with Crippen molar-refractivity contribution in [2.75, 3.05) is 42.5 Å². The molecule has 4 aliphatic rings. The lowest BCUT2D eigenvalue weighted by atomic mass is 9.64. The number of amides is 6. The van der Waals surface area contributed by atoms with Crippen LogP contribution in [0, 0.1) is 17.8 Å². The second-order valence-corrected chi connectivity index (χ2v) is 17.7. The Kier molecular flexibility index (Phi) is 12.2. The van der Waals surface area contributed by atoms with E-state index in [0.29, 0.717) is 35.7 Å². The Morgan fingerprint density at radius 2 is 1.44 bits per heavy atom. The van der Waals surface area contributed by atoms with Crippen LogP contribution in [0.4, 0.5) is 21.2 Å². The van der Waals surface area contributed by atoms with Crippen molar-refractivity contribution in [1.82, 2.24) is 30.4 Å². The Bertz CT molecular complexity index is 3000. The summed E-state index contributed by atoms with van der Waals surface area (Å²) in [5.74, 6) is 2.99. The maximum Gasteiger partial charge on any atom is 0.329 e. The first-order valence-electron chi connectivity index (χ1n) is 23.1. The molecule has 1 spiro atoms. The number of piperazine rings is 1. The number of benzene rings is 5. The van der Waals surface area contributed by atoms with Crippen LogP contribution in [-0.4, -0.2) is 93.5 Å². The highest BCUT2D eigenvalue weighted by molar-refractivity contribution is 6.24. The van der Waals surface area contributed by atoms with Crippen LogP contribution in [0.1, 0.15) is 64.5 Å². The Labute approximate surface area is 404 Å². The normalized spacial score (nSPS) is 23.1. The van der Waals surface area contributed by atoms with Crippen molar-refractivity contribution in [2.24, 2.45) is 11.7 Å². The molecule has 0 aliphatic carbocycles. The SMILES string of the molecule is CC(NC(=O)N1C(=O)C2(c3cc(C#CCNC(N)=O)ccc31)C(C(=O)N1CCN(c3ncccn3)CC1)C1C(=O)OC(c3ccccc3)C(c3ccccc3)N1C2c1ccc(O)cc1)c1ccccc1. The van der Waals surface area contributed by atoms with Gasteiger partial charge in [0.05, 0.1) is 36.3 Å². The first-order chi connectivity index (χ1) is 34.1. The second-order valence-electron chi connectivity index (χ2n) is 17.7. The number of esters is 1. The van der Waals surface area contributed by atoms with Gasteiger partial charge in [0, 0.05) is 44.1 Å². The number of fused-ring (bicyclic) bond motifs is 3. The number of morpholine rings is 1. The number of urea groups is 2. The molecule has 7 unspecified atom stereocenters. The van der Waals surface area contributed by atoms with Crippen molar-refractivity contribution in [1.29, 1.82) is 0 Å². The zero-order valence-electron chi connectivity index (χ0n) is 38.1. The van der Waals surface area contributed by atoms with E-state index in [9.17, 15) is 9.90 Å². The van der Waals surface area contributed by atoms with E-state index in [1.807, 2.05) is 108 Å². The number of ether oxygens (including phenoxy) is 1. The summed E-state index contributed by atoms with van der Waals surface area (Å²) in [6.07, 6.45) is 2.38. The van der Waals surface area contributed by atoms with Crippen molar-refractivity contribution >= 4 is 41.5 Å². The number of nitrogens with zero attached hydrogens (tertiary/aromatic N) is 6. The van der Waals surface area contributed by atoms with Crippen molar-refractivity contribution in [3.63, 3.8) is 0 Å². The number of aromatic hydroxyl groups is 1. The number of hydrogen-bond donors (Lipinski definition) is 4. The molecule has 10 rings (SSSR count). The van der Waals surface area contributed by atoms with Gasteiger partial charge in [-0.3, -0.25) is 19.3 Å². The van der Waals surface area contributed by atoms with E-state index < -0.39 is 71.5 Å². The summed E-state index contributed by atoms with van der Waals surface area (Å²) >= 11 is 0. The number of phenols is 1. The van der Waals surface area contributed by atoms with Crippen LogP contribution in [0.15, 0.2) is 152 Å². The molecule has 16 nitrogen and oxygen atoms in total. The molecule has 5 aromatic carbocycles. The van der Waals surface area contributed by atoms with Gasteiger partial charge in [-0.25, -0.2) is 24.5 Å². The molecule has 1 aromatic heterocycles. The van der Waals surface area contributed by atoms with Crippen LogP contribution in [0.5, 0.6) is 5.75 Å². The number of imide groups is 1. The summed E-state index contributed by atoms with van der Waals surface area (Å²) in [5.41, 5.74) is 6.90. The minimum atomic E-state index is -2.04. The molecular formula is C54H49N9O7. The summed E-state index contributed by atoms with van der Waals surface area (Å²) in [6.45, 7) is 2.84. The molecule has 3 saturated heterocycles. The summed E-state index contributed by atoms with van der Waals surface area (Å²) < 4.78 is 6.62.